The van der Waals surface area contributed by atoms with E-state index in [0.29, 0.717) is 6.54 Å². The molecule has 2 nitrogen and oxygen atoms in total. The molecule has 0 radical (unpaired) electrons. The zero-order chi connectivity index (χ0) is 15.4. The van der Waals surface area contributed by atoms with Crippen molar-refractivity contribution < 1.29 is 0 Å². The Morgan fingerprint density at radius 1 is 1.00 bits per heavy atom. The number of hydrogen-bond acceptors (Lipinski definition) is 2. The van der Waals surface area contributed by atoms with Crippen molar-refractivity contribution in [2.75, 3.05) is 4.90 Å². The van der Waals surface area contributed by atoms with Crippen LogP contribution in [0.3, 0.4) is 0 Å². The maximum atomic E-state index is 5.70. The summed E-state index contributed by atoms with van der Waals surface area (Å²) in [5, 5.41) is 0. The lowest BCUT2D eigenvalue weighted by Gasteiger charge is -2.27. The van der Waals surface area contributed by atoms with E-state index in [4.69, 9.17) is 5.73 Å². The van der Waals surface area contributed by atoms with E-state index in [2.05, 4.69) is 72.2 Å². The van der Waals surface area contributed by atoms with Gasteiger partial charge in [-0.2, -0.15) is 0 Å². The number of benzene rings is 2. The average molecular weight is 288 g/mol. The molecule has 0 amide bonds. The summed E-state index contributed by atoms with van der Waals surface area (Å²) in [6.07, 6.45) is 9.22. The van der Waals surface area contributed by atoms with Crippen molar-refractivity contribution in [3.05, 3.63) is 96.2 Å². The predicted molar refractivity (Wildman–Crippen MR) is 94.0 cm³/mol. The molecule has 1 aliphatic rings. The molecule has 2 heteroatoms. The van der Waals surface area contributed by atoms with Crippen molar-refractivity contribution in [1.29, 1.82) is 0 Å². The molecular formula is C20H20N2. The van der Waals surface area contributed by atoms with Crippen LogP contribution in [0.1, 0.15) is 11.1 Å². The molecule has 2 N–H and O–H groups in total. The fourth-order valence-corrected chi connectivity index (χ4v) is 2.66. The number of rotatable bonds is 2. The second-order valence-corrected chi connectivity index (χ2v) is 5.32. The van der Waals surface area contributed by atoms with Crippen LogP contribution >= 0.6 is 0 Å². The maximum Gasteiger partial charge on any atom is 0.0496 e. The van der Waals surface area contributed by atoms with Crippen molar-refractivity contribution >= 4 is 11.4 Å². The maximum absolute atomic E-state index is 5.70. The third kappa shape index (κ3) is 2.87. The molecule has 0 unspecified atom stereocenters. The number of hydrogen-bond donors (Lipinski definition) is 1. The number of nitrogens with two attached hydrogens (primary N) is 1. The number of nitrogens with zero attached hydrogens (tertiary/aromatic N) is 1. The van der Waals surface area contributed by atoms with Crippen LogP contribution in [-0.2, 0) is 13.0 Å². The zero-order valence-corrected chi connectivity index (χ0v) is 12.6. The summed E-state index contributed by atoms with van der Waals surface area (Å²) in [7, 11) is 0. The third-order valence-electron chi connectivity index (χ3n) is 3.82. The van der Waals surface area contributed by atoms with Crippen LogP contribution in [0.2, 0.25) is 0 Å². The molecular weight excluding hydrogens is 268 g/mol. The number of para-hydroxylation sites is 1. The van der Waals surface area contributed by atoms with Gasteiger partial charge < -0.3 is 10.6 Å². The van der Waals surface area contributed by atoms with Crippen LogP contribution in [0, 0.1) is 0 Å². The van der Waals surface area contributed by atoms with Crippen molar-refractivity contribution in [2.24, 2.45) is 5.73 Å². The van der Waals surface area contributed by atoms with E-state index in [1.807, 2.05) is 12.2 Å². The molecule has 2 aromatic rings. The predicted octanol–water partition coefficient (Wildman–Crippen LogP) is 4.47. The number of allylic oxidation sites excluding steroid dienone is 4. The molecule has 1 heterocycles. The van der Waals surface area contributed by atoms with Crippen molar-refractivity contribution in [3.8, 4) is 0 Å². The van der Waals surface area contributed by atoms with Gasteiger partial charge >= 0.3 is 0 Å². The van der Waals surface area contributed by atoms with Gasteiger partial charge in [0.15, 0.2) is 0 Å². The molecule has 110 valence electrons. The summed E-state index contributed by atoms with van der Waals surface area (Å²) in [5.41, 5.74) is 11.3. The van der Waals surface area contributed by atoms with Gasteiger partial charge in [0, 0.05) is 23.6 Å². The van der Waals surface area contributed by atoms with Crippen LogP contribution in [0.4, 0.5) is 11.4 Å². The summed E-state index contributed by atoms with van der Waals surface area (Å²) < 4.78 is 0. The molecule has 0 aliphatic carbocycles. The summed E-state index contributed by atoms with van der Waals surface area (Å²) in [6, 6.07) is 16.8. The zero-order valence-electron chi connectivity index (χ0n) is 12.6. The number of anilines is 2. The Bertz CT molecular complexity index is 724. The molecule has 0 saturated carbocycles. The molecule has 0 aromatic heterocycles. The Balaban J connectivity index is 2.11. The summed E-state index contributed by atoms with van der Waals surface area (Å²) in [4.78, 5) is 2.19. The van der Waals surface area contributed by atoms with Crippen LogP contribution in [0.5, 0.6) is 0 Å². The average Bonchev–Trinajstić information content (AvgIpc) is 2.64. The highest BCUT2D eigenvalue weighted by Crippen LogP contribution is 2.33. The highest BCUT2D eigenvalue weighted by Gasteiger charge is 2.15. The van der Waals surface area contributed by atoms with Crippen LogP contribution in [0.15, 0.2) is 85.1 Å². The monoisotopic (exact) mass is 288 g/mol. The van der Waals surface area contributed by atoms with Crippen molar-refractivity contribution in [2.45, 2.75) is 13.0 Å². The van der Waals surface area contributed by atoms with Crippen LogP contribution in [0.25, 0.3) is 0 Å². The SMILES string of the molecule is C=C1/C=C\C=C/Cc2ccccc2N1c1ccc(CN)cc1. The molecule has 0 bridgehead atoms. The Labute approximate surface area is 131 Å². The fraction of sp³-hybridized carbons (Fsp3) is 0.100. The van der Waals surface area contributed by atoms with Crippen LogP contribution < -0.4 is 10.6 Å². The van der Waals surface area contributed by atoms with Gasteiger partial charge in [-0.3, -0.25) is 0 Å². The van der Waals surface area contributed by atoms with Crippen molar-refractivity contribution in [1.82, 2.24) is 0 Å². The lowest BCUT2D eigenvalue weighted by atomic mass is 10.1. The Hall–Kier alpha value is -2.58. The minimum atomic E-state index is 0.557. The van der Waals surface area contributed by atoms with E-state index in [-0.39, 0.29) is 0 Å². The van der Waals surface area contributed by atoms with Gasteiger partial charge in [-0.05, 0) is 41.8 Å². The van der Waals surface area contributed by atoms with E-state index in [1.54, 1.807) is 0 Å². The van der Waals surface area contributed by atoms with E-state index in [0.717, 1.165) is 23.4 Å². The standard InChI is InChI=1S/C20H20N2/c1-16-7-3-2-4-8-18-9-5-6-10-20(18)22(16)19-13-11-17(15-21)12-14-19/h2-7,9-14H,1,8,15,21H2/b4-2-,7-3-. The Morgan fingerprint density at radius 3 is 2.55 bits per heavy atom. The highest BCUT2D eigenvalue weighted by molar-refractivity contribution is 5.73. The van der Waals surface area contributed by atoms with Gasteiger partial charge in [0.1, 0.15) is 0 Å². The first-order valence-electron chi connectivity index (χ1n) is 7.49. The largest absolute Gasteiger partial charge is 0.326 e. The molecule has 0 spiro atoms. The van der Waals surface area contributed by atoms with E-state index in [1.165, 1.54) is 11.3 Å². The summed E-state index contributed by atoms with van der Waals surface area (Å²) in [6.45, 7) is 4.79. The van der Waals surface area contributed by atoms with Crippen LogP contribution in [-0.4, -0.2) is 0 Å². The molecule has 2 aromatic carbocycles. The van der Waals surface area contributed by atoms with Gasteiger partial charge in [0.25, 0.3) is 0 Å². The minimum absolute atomic E-state index is 0.557. The fourth-order valence-electron chi connectivity index (χ4n) is 2.66. The smallest absolute Gasteiger partial charge is 0.0496 e. The Kier molecular flexibility index (Phi) is 4.22. The first-order chi connectivity index (χ1) is 10.8. The minimum Gasteiger partial charge on any atom is -0.326 e. The van der Waals surface area contributed by atoms with Gasteiger partial charge in [0.05, 0.1) is 0 Å². The van der Waals surface area contributed by atoms with Gasteiger partial charge in [0.2, 0.25) is 0 Å². The van der Waals surface area contributed by atoms with Gasteiger partial charge in [-0.25, -0.2) is 0 Å². The quantitative estimate of drug-likeness (QED) is 0.883. The molecule has 0 saturated heterocycles. The second-order valence-electron chi connectivity index (χ2n) is 5.32. The second kappa shape index (κ2) is 6.46. The normalized spacial score (nSPS) is 17.1. The topological polar surface area (TPSA) is 29.3 Å². The lowest BCUT2D eigenvalue weighted by molar-refractivity contribution is 1.07. The lowest BCUT2D eigenvalue weighted by Crippen LogP contribution is -2.16. The van der Waals surface area contributed by atoms with E-state index < -0.39 is 0 Å². The Morgan fingerprint density at radius 2 is 1.77 bits per heavy atom. The van der Waals surface area contributed by atoms with E-state index in [9.17, 15) is 0 Å². The first kappa shape index (κ1) is 14.4. The number of fused-ring (bicyclic) bond motifs is 1. The molecule has 3 rings (SSSR count). The highest BCUT2D eigenvalue weighted by atomic mass is 15.1. The molecule has 0 atom stereocenters. The molecule has 1 aliphatic heterocycles. The van der Waals surface area contributed by atoms with E-state index >= 15 is 0 Å². The van der Waals surface area contributed by atoms with Crippen molar-refractivity contribution in [3.63, 3.8) is 0 Å². The first-order valence-corrected chi connectivity index (χ1v) is 7.49. The molecule has 22 heavy (non-hydrogen) atoms. The molecule has 0 fully saturated rings. The van der Waals surface area contributed by atoms with Gasteiger partial charge in [-0.1, -0.05) is 55.1 Å². The third-order valence-corrected chi connectivity index (χ3v) is 3.82. The summed E-state index contributed by atoms with van der Waals surface area (Å²) in [5.74, 6) is 0. The van der Waals surface area contributed by atoms with Gasteiger partial charge in [-0.15, -0.1) is 0 Å². The summed E-state index contributed by atoms with van der Waals surface area (Å²) >= 11 is 0.